The number of hydrogen-bond acceptors (Lipinski definition) is 4. The van der Waals surface area contributed by atoms with Gasteiger partial charge in [0, 0.05) is 11.4 Å². The van der Waals surface area contributed by atoms with Crippen molar-refractivity contribution in [3.8, 4) is 0 Å². The lowest BCUT2D eigenvalue weighted by Gasteiger charge is -2.33. The molecule has 0 aromatic carbocycles. The Bertz CT molecular complexity index is 392. The Balaban J connectivity index is 1.72. The molecule has 1 aliphatic heterocycles. The first-order valence-corrected chi connectivity index (χ1v) is 7.72. The number of aliphatic hydroxyl groups is 1. The summed E-state index contributed by atoms with van der Waals surface area (Å²) >= 11 is 1.65. The molecule has 106 valence electrons. The molecule has 4 nitrogen and oxygen atoms in total. The van der Waals surface area contributed by atoms with Gasteiger partial charge in [-0.25, -0.2) is 0 Å². The number of rotatable bonds is 5. The number of thiophene rings is 1. The summed E-state index contributed by atoms with van der Waals surface area (Å²) in [6, 6.07) is 4.01. The van der Waals surface area contributed by atoms with Crippen LogP contribution >= 0.6 is 11.3 Å². The SMILES string of the molecule is CC(O)C1CCCN(CC(=O)NCc2cccs2)C1. The Morgan fingerprint density at radius 2 is 2.53 bits per heavy atom. The lowest BCUT2D eigenvalue weighted by atomic mass is 9.93. The first-order valence-electron chi connectivity index (χ1n) is 6.84. The van der Waals surface area contributed by atoms with Crippen LogP contribution in [0.3, 0.4) is 0 Å². The van der Waals surface area contributed by atoms with Gasteiger partial charge in [-0.15, -0.1) is 11.3 Å². The quantitative estimate of drug-likeness (QED) is 0.859. The van der Waals surface area contributed by atoms with Crippen molar-refractivity contribution in [3.63, 3.8) is 0 Å². The molecule has 2 rings (SSSR count). The van der Waals surface area contributed by atoms with Crippen molar-refractivity contribution in [2.24, 2.45) is 5.92 Å². The van der Waals surface area contributed by atoms with E-state index in [9.17, 15) is 9.90 Å². The third-order valence-electron chi connectivity index (χ3n) is 3.63. The minimum Gasteiger partial charge on any atom is -0.393 e. The molecule has 19 heavy (non-hydrogen) atoms. The van der Waals surface area contributed by atoms with Crippen LogP contribution in [0.25, 0.3) is 0 Å². The highest BCUT2D eigenvalue weighted by Crippen LogP contribution is 2.19. The van der Waals surface area contributed by atoms with Crippen LogP contribution in [0.15, 0.2) is 17.5 Å². The number of hydrogen-bond donors (Lipinski definition) is 2. The number of piperidine rings is 1. The van der Waals surface area contributed by atoms with E-state index >= 15 is 0 Å². The molecule has 2 N–H and O–H groups in total. The lowest BCUT2D eigenvalue weighted by Crippen LogP contribution is -2.44. The molecule has 0 radical (unpaired) electrons. The van der Waals surface area contributed by atoms with E-state index < -0.39 is 0 Å². The van der Waals surface area contributed by atoms with Gasteiger partial charge in [0.2, 0.25) is 5.91 Å². The first kappa shape index (κ1) is 14.5. The van der Waals surface area contributed by atoms with Gasteiger partial charge in [-0.05, 0) is 43.7 Å². The van der Waals surface area contributed by atoms with Crippen molar-refractivity contribution in [2.45, 2.75) is 32.4 Å². The zero-order valence-corrected chi connectivity index (χ0v) is 12.2. The maximum absolute atomic E-state index is 11.9. The molecule has 2 atom stereocenters. The molecule has 2 heterocycles. The molecule has 1 aromatic heterocycles. The molecule has 0 bridgehead atoms. The molecular formula is C14H22N2O2S. The molecular weight excluding hydrogens is 260 g/mol. The van der Waals surface area contributed by atoms with Gasteiger partial charge in [-0.2, -0.15) is 0 Å². The Morgan fingerprint density at radius 1 is 1.68 bits per heavy atom. The van der Waals surface area contributed by atoms with Gasteiger partial charge in [-0.1, -0.05) is 6.07 Å². The number of amides is 1. The Kier molecular flexibility index (Phi) is 5.36. The third-order valence-corrected chi connectivity index (χ3v) is 4.51. The highest BCUT2D eigenvalue weighted by Gasteiger charge is 2.24. The average Bonchev–Trinajstić information content (AvgIpc) is 2.90. The second kappa shape index (κ2) is 7.03. The van der Waals surface area contributed by atoms with Crippen LogP contribution in [-0.2, 0) is 11.3 Å². The number of aliphatic hydroxyl groups excluding tert-OH is 1. The molecule has 0 saturated carbocycles. The number of carbonyl (C=O) groups is 1. The summed E-state index contributed by atoms with van der Waals surface area (Å²) in [5.74, 6) is 0.374. The van der Waals surface area contributed by atoms with Gasteiger partial charge in [0.15, 0.2) is 0 Å². The Labute approximate surface area is 118 Å². The minimum atomic E-state index is -0.281. The van der Waals surface area contributed by atoms with E-state index in [1.54, 1.807) is 11.3 Å². The minimum absolute atomic E-state index is 0.0691. The average molecular weight is 282 g/mol. The lowest BCUT2D eigenvalue weighted by molar-refractivity contribution is -0.123. The summed E-state index contributed by atoms with van der Waals surface area (Å²) in [7, 11) is 0. The van der Waals surface area contributed by atoms with Crippen LogP contribution in [0.4, 0.5) is 0 Å². The van der Waals surface area contributed by atoms with Gasteiger partial charge in [0.1, 0.15) is 0 Å². The van der Waals surface area contributed by atoms with Gasteiger partial charge >= 0.3 is 0 Å². The van der Waals surface area contributed by atoms with Crippen molar-refractivity contribution in [3.05, 3.63) is 22.4 Å². The van der Waals surface area contributed by atoms with E-state index in [4.69, 9.17) is 0 Å². The van der Waals surface area contributed by atoms with E-state index in [-0.39, 0.29) is 12.0 Å². The van der Waals surface area contributed by atoms with E-state index in [1.165, 1.54) is 4.88 Å². The fourth-order valence-electron chi connectivity index (χ4n) is 2.49. The van der Waals surface area contributed by atoms with Crippen molar-refractivity contribution < 1.29 is 9.90 Å². The van der Waals surface area contributed by atoms with Gasteiger partial charge in [0.05, 0.1) is 19.2 Å². The van der Waals surface area contributed by atoms with Gasteiger partial charge < -0.3 is 10.4 Å². The summed E-state index contributed by atoms with van der Waals surface area (Å²) in [6.07, 6.45) is 1.84. The molecule has 0 aliphatic carbocycles. The van der Waals surface area contributed by atoms with Crippen molar-refractivity contribution >= 4 is 17.2 Å². The zero-order valence-electron chi connectivity index (χ0n) is 11.3. The van der Waals surface area contributed by atoms with Crippen molar-refractivity contribution in [2.75, 3.05) is 19.6 Å². The number of likely N-dealkylation sites (tertiary alicyclic amines) is 1. The maximum Gasteiger partial charge on any atom is 0.234 e. The van der Waals surface area contributed by atoms with Crippen LogP contribution in [0.5, 0.6) is 0 Å². The van der Waals surface area contributed by atoms with Gasteiger partial charge in [-0.3, -0.25) is 9.69 Å². The molecule has 1 fully saturated rings. The smallest absolute Gasteiger partial charge is 0.234 e. The Morgan fingerprint density at radius 3 is 3.21 bits per heavy atom. The second-order valence-corrected chi connectivity index (χ2v) is 6.27. The van der Waals surface area contributed by atoms with Crippen LogP contribution in [-0.4, -0.2) is 41.7 Å². The monoisotopic (exact) mass is 282 g/mol. The molecule has 1 aromatic rings. The summed E-state index contributed by atoms with van der Waals surface area (Å²) in [5, 5.41) is 14.6. The largest absolute Gasteiger partial charge is 0.393 e. The first-order chi connectivity index (χ1) is 9.15. The van der Waals surface area contributed by atoms with E-state index in [0.29, 0.717) is 19.0 Å². The fraction of sp³-hybridized carbons (Fsp3) is 0.643. The predicted octanol–water partition coefficient (Wildman–Crippen LogP) is 1.46. The van der Waals surface area contributed by atoms with Crippen LogP contribution < -0.4 is 5.32 Å². The van der Waals surface area contributed by atoms with E-state index in [1.807, 2.05) is 24.4 Å². The highest BCUT2D eigenvalue weighted by molar-refractivity contribution is 7.09. The van der Waals surface area contributed by atoms with E-state index in [2.05, 4.69) is 10.2 Å². The molecule has 0 spiro atoms. The fourth-order valence-corrected chi connectivity index (χ4v) is 3.13. The van der Waals surface area contributed by atoms with Crippen molar-refractivity contribution in [1.82, 2.24) is 10.2 Å². The third kappa shape index (κ3) is 4.60. The zero-order chi connectivity index (χ0) is 13.7. The van der Waals surface area contributed by atoms with Crippen LogP contribution in [0.2, 0.25) is 0 Å². The number of carbonyl (C=O) groups excluding carboxylic acids is 1. The molecule has 1 saturated heterocycles. The topological polar surface area (TPSA) is 52.6 Å². The maximum atomic E-state index is 11.9. The summed E-state index contributed by atoms with van der Waals surface area (Å²) in [4.78, 5) is 15.2. The number of nitrogens with zero attached hydrogens (tertiary/aromatic N) is 1. The van der Waals surface area contributed by atoms with Crippen LogP contribution in [0.1, 0.15) is 24.6 Å². The van der Waals surface area contributed by atoms with E-state index in [0.717, 1.165) is 25.9 Å². The molecule has 1 aliphatic rings. The van der Waals surface area contributed by atoms with Crippen molar-refractivity contribution in [1.29, 1.82) is 0 Å². The molecule has 2 unspecified atom stereocenters. The summed E-state index contributed by atoms with van der Waals surface area (Å²) in [5.41, 5.74) is 0. The molecule has 1 amide bonds. The summed E-state index contributed by atoms with van der Waals surface area (Å²) in [6.45, 7) is 4.67. The predicted molar refractivity (Wildman–Crippen MR) is 77.0 cm³/mol. The second-order valence-electron chi connectivity index (χ2n) is 5.23. The standard InChI is InChI=1S/C14H22N2O2S/c1-11(17)12-4-2-6-16(9-12)10-14(18)15-8-13-5-3-7-19-13/h3,5,7,11-12,17H,2,4,6,8-10H2,1H3,(H,15,18). The van der Waals surface area contributed by atoms with Crippen LogP contribution in [0, 0.1) is 5.92 Å². The Hall–Kier alpha value is -0.910. The normalized spacial score (nSPS) is 22.1. The number of nitrogens with one attached hydrogen (secondary N) is 1. The summed E-state index contributed by atoms with van der Waals surface area (Å²) < 4.78 is 0. The molecule has 5 heteroatoms. The highest BCUT2D eigenvalue weighted by atomic mass is 32.1. The van der Waals surface area contributed by atoms with Gasteiger partial charge in [0.25, 0.3) is 0 Å².